The lowest BCUT2D eigenvalue weighted by Gasteiger charge is -2.01. The number of anilines is 1. The number of allylic oxidation sites excluding steroid dienone is 1. The van der Waals surface area contributed by atoms with Crippen LogP contribution in [0.15, 0.2) is 24.4 Å². The molecule has 0 aliphatic carbocycles. The predicted octanol–water partition coefficient (Wildman–Crippen LogP) is 1.07. The molecular weight excluding hydrogens is 164 g/mol. The van der Waals surface area contributed by atoms with Gasteiger partial charge in [-0.15, -0.1) is 0 Å². The zero-order chi connectivity index (χ0) is 9.68. The Hall–Kier alpha value is -1.84. The molecule has 0 saturated heterocycles. The molecule has 4 heteroatoms. The third-order valence-corrected chi connectivity index (χ3v) is 1.62. The minimum Gasteiger partial charge on any atom is -0.398 e. The second-order valence-electron chi connectivity index (χ2n) is 2.47. The van der Waals surface area contributed by atoms with E-state index in [1.54, 1.807) is 13.2 Å². The second-order valence-corrected chi connectivity index (χ2v) is 2.47. The van der Waals surface area contributed by atoms with Crippen LogP contribution in [0, 0.1) is 5.41 Å². The minimum absolute atomic E-state index is 0.546. The van der Waals surface area contributed by atoms with Crippen molar-refractivity contribution >= 4 is 17.7 Å². The Kier molecular flexibility index (Phi) is 3.03. The van der Waals surface area contributed by atoms with E-state index in [2.05, 4.69) is 10.3 Å². The topological polar surface area (TPSA) is 74.8 Å². The van der Waals surface area contributed by atoms with Crippen LogP contribution in [0.2, 0.25) is 0 Å². The first-order valence-electron chi connectivity index (χ1n) is 3.88. The van der Waals surface area contributed by atoms with Crippen LogP contribution in [0.5, 0.6) is 0 Å². The van der Waals surface area contributed by atoms with Crippen molar-refractivity contribution in [3.63, 3.8) is 0 Å². The molecule has 13 heavy (non-hydrogen) atoms. The highest BCUT2D eigenvalue weighted by Gasteiger charge is 1.95. The lowest BCUT2D eigenvalue weighted by Crippen LogP contribution is -1.98. The van der Waals surface area contributed by atoms with Gasteiger partial charge in [0.15, 0.2) is 0 Å². The van der Waals surface area contributed by atoms with E-state index >= 15 is 0 Å². The lowest BCUT2D eigenvalue weighted by molar-refractivity contribution is 1.27. The largest absolute Gasteiger partial charge is 0.398 e. The Bertz CT molecular complexity index is 313. The molecule has 0 amide bonds. The third kappa shape index (κ3) is 2.30. The van der Waals surface area contributed by atoms with E-state index in [1.165, 1.54) is 6.08 Å². The van der Waals surface area contributed by atoms with E-state index in [-0.39, 0.29) is 0 Å². The number of pyridine rings is 1. The van der Waals surface area contributed by atoms with Crippen molar-refractivity contribution in [3.05, 3.63) is 30.0 Å². The Morgan fingerprint density at radius 3 is 2.85 bits per heavy atom. The highest BCUT2D eigenvalue weighted by atomic mass is 14.9. The first-order chi connectivity index (χ1) is 6.27. The van der Waals surface area contributed by atoms with Crippen LogP contribution in [0.4, 0.5) is 5.82 Å². The fraction of sp³-hybridized carbons (Fsp3) is 0.111. The summed E-state index contributed by atoms with van der Waals surface area (Å²) in [6.07, 6.45) is 4.35. The van der Waals surface area contributed by atoms with Crippen LogP contribution in [-0.2, 0) is 0 Å². The molecule has 0 spiro atoms. The van der Waals surface area contributed by atoms with Crippen LogP contribution in [-0.4, -0.2) is 18.2 Å². The van der Waals surface area contributed by atoms with Gasteiger partial charge >= 0.3 is 0 Å². The van der Waals surface area contributed by atoms with Crippen molar-refractivity contribution in [1.82, 2.24) is 4.98 Å². The van der Waals surface area contributed by atoms with E-state index in [1.807, 2.05) is 12.1 Å². The van der Waals surface area contributed by atoms with Crippen molar-refractivity contribution in [2.24, 2.45) is 5.73 Å². The minimum atomic E-state index is 0.546. The Balaban J connectivity index is 2.91. The molecule has 0 unspecified atom stereocenters. The quantitative estimate of drug-likeness (QED) is 0.603. The monoisotopic (exact) mass is 176 g/mol. The molecule has 0 aliphatic rings. The Morgan fingerprint density at radius 1 is 1.62 bits per heavy atom. The van der Waals surface area contributed by atoms with Crippen LogP contribution >= 0.6 is 0 Å². The van der Waals surface area contributed by atoms with Crippen LogP contribution in [0.25, 0.3) is 5.70 Å². The fourth-order valence-electron chi connectivity index (χ4n) is 0.899. The molecule has 1 heterocycles. The van der Waals surface area contributed by atoms with Gasteiger partial charge in [0.1, 0.15) is 5.82 Å². The van der Waals surface area contributed by atoms with Crippen LogP contribution < -0.4 is 11.1 Å². The van der Waals surface area contributed by atoms with E-state index in [0.29, 0.717) is 5.70 Å². The number of nitrogens with two attached hydrogens (primary N) is 1. The number of nitrogens with one attached hydrogen (secondary N) is 2. The summed E-state index contributed by atoms with van der Waals surface area (Å²) in [5.41, 5.74) is 7.01. The van der Waals surface area contributed by atoms with Gasteiger partial charge in [-0.1, -0.05) is 0 Å². The maximum Gasteiger partial charge on any atom is 0.125 e. The first-order valence-corrected chi connectivity index (χ1v) is 3.88. The summed E-state index contributed by atoms with van der Waals surface area (Å²) in [4.78, 5) is 4.09. The van der Waals surface area contributed by atoms with E-state index in [4.69, 9.17) is 11.1 Å². The predicted molar refractivity (Wildman–Crippen MR) is 54.7 cm³/mol. The molecule has 0 aliphatic heterocycles. The average molecular weight is 176 g/mol. The SMILES string of the molecule is CNc1ccc(C(N)=CC=N)cn1. The smallest absolute Gasteiger partial charge is 0.125 e. The van der Waals surface area contributed by atoms with Gasteiger partial charge in [-0.05, 0) is 18.2 Å². The van der Waals surface area contributed by atoms with Crippen molar-refractivity contribution < 1.29 is 0 Å². The molecule has 0 radical (unpaired) electrons. The van der Waals surface area contributed by atoms with E-state index in [0.717, 1.165) is 17.6 Å². The maximum absolute atomic E-state index is 6.85. The zero-order valence-corrected chi connectivity index (χ0v) is 7.41. The van der Waals surface area contributed by atoms with Crippen molar-refractivity contribution in [2.45, 2.75) is 0 Å². The number of hydrogen-bond acceptors (Lipinski definition) is 4. The summed E-state index contributed by atoms with van der Waals surface area (Å²) in [6, 6.07) is 3.69. The van der Waals surface area contributed by atoms with Gasteiger partial charge in [0.05, 0.1) is 0 Å². The number of aromatic nitrogens is 1. The summed E-state index contributed by atoms with van der Waals surface area (Å²) >= 11 is 0. The van der Waals surface area contributed by atoms with E-state index in [9.17, 15) is 0 Å². The van der Waals surface area contributed by atoms with Gasteiger partial charge in [0.25, 0.3) is 0 Å². The summed E-state index contributed by atoms with van der Waals surface area (Å²) in [5.74, 6) is 0.798. The van der Waals surface area contributed by atoms with Gasteiger partial charge < -0.3 is 16.5 Å². The van der Waals surface area contributed by atoms with Gasteiger partial charge in [0, 0.05) is 30.7 Å². The molecule has 1 rings (SSSR count). The second kappa shape index (κ2) is 4.25. The number of rotatable bonds is 3. The summed E-state index contributed by atoms with van der Waals surface area (Å²) < 4.78 is 0. The Morgan fingerprint density at radius 2 is 2.38 bits per heavy atom. The summed E-state index contributed by atoms with van der Waals surface area (Å²) in [6.45, 7) is 0. The summed E-state index contributed by atoms with van der Waals surface area (Å²) in [7, 11) is 1.80. The van der Waals surface area contributed by atoms with Gasteiger partial charge in [-0.3, -0.25) is 0 Å². The lowest BCUT2D eigenvalue weighted by atomic mass is 10.2. The molecule has 0 fully saturated rings. The van der Waals surface area contributed by atoms with Crippen molar-refractivity contribution in [2.75, 3.05) is 12.4 Å². The molecule has 0 aromatic carbocycles. The average Bonchev–Trinajstić information content (AvgIpc) is 2.18. The molecule has 4 nitrogen and oxygen atoms in total. The van der Waals surface area contributed by atoms with Crippen LogP contribution in [0.1, 0.15) is 5.56 Å². The molecule has 0 bridgehead atoms. The van der Waals surface area contributed by atoms with Gasteiger partial charge in [-0.2, -0.15) is 0 Å². The molecular formula is C9H12N4. The molecule has 0 atom stereocenters. The van der Waals surface area contributed by atoms with E-state index < -0.39 is 0 Å². The van der Waals surface area contributed by atoms with Crippen molar-refractivity contribution in [1.29, 1.82) is 5.41 Å². The standard InChI is InChI=1S/C9H12N4/c1-12-9-3-2-7(6-13-9)8(11)4-5-10/h2-6,10H,11H2,1H3,(H,12,13). The maximum atomic E-state index is 6.85. The van der Waals surface area contributed by atoms with Crippen molar-refractivity contribution in [3.8, 4) is 0 Å². The number of nitrogens with zero attached hydrogens (tertiary/aromatic N) is 1. The molecule has 1 aromatic rings. The molecule has 4 N–H and O–H groups in total. The third-order valence-electron chi connectivity index (χ3n) is 1.62. The summed E-state index contributed by atoms with van der Waals surface area (Å²) in [5, 5.41) is 9.76. The Labute approximate surface area is 77.0 Å². The van der Waals surface area contributed by atoms with Crippen LogP contribution in [0.3, 0.4) is 0 Å². The highest BCUT2D eigenvalue weighted by Crippen LogP contribution is 2.09. The fourth-order valence-corrected chi connectivity index (χ4v) is 0.899. The molecule has 1 aromatic heterocycles. The highest BCUT2D eigenvalue weighted by molar-refractivity contribution is 5.81. The zero-order valence-electron chi connectivity index (χ0n) is 7.41. The number of hydrogen-bond donors (Lipinski definition) is 3. The first kappa shape index (κ1) is 9.25. The van der Waals surface area contributed by atoms with Gasteiger partial charge in [-0.25, -0.2) is 4.98 Å². The molecule has 0 saturated carbocycles. The molecule has 68 valence electrons. The normalized spacial score (nSPS) is 11.0. The van der Waals surface area contributed by atoms with Gasteiger partial charge in [0.2, 0.25) is 0 Å².